The molecule has 4 heteroatoms. The molecule has 3 aromatic rings. The van der Waals surface area contributed by atoms with Crippen molar-refractivity contribution in [3.05, 3.63) is 89.0 Å². The third-order valence-electron chi connectivity index (χ3n) is 5.75. The van der Waals surface area contributed by atoms with Gasteiger partial charge in [-0.15, -0.1) is 0 Å². The van der Waals surface area contributed by atoms with E-state index >= 15 is 0 Å². The summed E-state index contributed by atoms with van der Waals surface area (Å²) < 4.78 is 0. The van der Waals surface area contributed by atoms with Gasteiger partial charge in [0.1, 0.15) is 5.82 Å². The summed E-state index contributed by atoms with van der Waals surface area (Å²) in [5.41, 5.74) is 5.56. The van der Waals surface area contributed by atoms with Crippen LogP contribution in [0.2, 0.25) is 0 Å². The van der Waals surface area contributed by atoms with Gasteiger partial charge in [-0.2, -0.15) is 0 Å². The Morgan fingerprint density at radius 3 is 2.33 bits per heavy atom. The fraction of sp³-hybridized carbons (Fsp3) is 0.348. The first-order valence-corrected chi connectivity index (χ1v) is 9.68. The van der Waals surface area contributed by atoms with E-state index in [1.807, 2.05) is 13.1 Å². The molecule has 0 saturated heterocycles. The Kier molecular flexibility index (Phi) is 5.10. The second-order valence-corrected chi connectivity index (χ2v) is 7.79. The summed E-state index contributed by atoms with van der Waals surface area (Å²) in [6.07, 6.45) is 4.09. The van der Waals surface area contributed by atoms with E-state index in [0.29, 0.717) is 0 Å². The molecule has 0 bridgehead atoms. The predicted molar refractivity (Wildman–Crippen MR) is 110 cm³/mol. The molecule has 1 heterocycles. The van der Waals surface area contributed by atoms with E-state index in [0.717, 1.165) is 44.0 Å². The van der Waals surface area contributed by atoms with Crippen LogP contribution in [0.1, 0.15) is 28.2 Å². The van der Waals surface area contributed by atoms with E-state index in [2.05, 4.69) is 81.8 Å². The van der Waals surface area contributed by atoms with Crippen LogP contribution in [0.4, 0.5) is 0 Å². The monoisotopic (exact) mass is 360 g/mol. The van der Waals surface area contributed by atoms with Gasteiger partial charge in [-0.3, -0.25) is 4.90 Å². The number of fused-ring (bicyclic) bond motifs is 1. The first kappa shape index (κ1) is 18.0. The number of H-pyrrole nitrogens is 1. The second-order valence-electron chi connectivity index (χ2n) is 7.79. The van der Waals surface area contributed by atoms with Crippen molar-refractivity contribution in [3.63, 3.8) is 0 Å². The van der Waals surface area contributed by atoms with E-state index in [4.69, 9.17) is 0 Å². The minimum Gasteiger partial charge on any atom is -0.345 e. The molecule has 0 aliphatic heterocycles. The van der Waals surface area contributed by atoms with Crippen LogP contribution in [0.5, 0.6) is 0 Å². The van der Waals surface area contributed by atoms with Crippen molar-refractivity contribution in [2.24, 2.45) is 0 Å². The normalized spacial score (nSPS) is 15.2. The molecule has 0 radical (unpaired) electrons. The fourth-order valence-electron chi connectivity index (χ4n) is 4.22. The van der Waals surface area contributed by atoms with E-state index < -0.39 is 0 Å². The summed E-state index contributed by atoms with van der Waals surface area (Å²) in [5.74, 6) is 0.969. The number of hydrogen-bond donors (Lipinski definition) is 2. The van der Waals surface area contributed by atoms with Gasteiger partial charge < -0.3 is 10.3 Å². The van der Waals surface area contributed by atoms with Gasteiger partial charge >= 0.3 is 0 Å². The third kappa shape index (κ3) is 3.97. The summed E-state index contributed by atoms with van der Waals surface area (Å²) in [6, 6.07) is 19.6. The van der Waals surface area contributed by atoms with Gasteiger partial charge in [0.15, 0.2) is 0 Å². The molecule has 0 atom stereocenters. The molecule has 1 aliphatic carbocycles. The molecule has 140 valence electrons. The Hall–Kier alpha value is -2.43. The van der Waals surface area contributed by atoms with E-state index in [9.17, 15) is 0 Å². The standard InChI is InChI=1S/C23H28N4/c1-18-25-15-22(26-18)14-24-17-23(12-20-10-6-7-11-21(20)13-23)27(2)16-19-8-4-3-5-9-19/h3-11,15,24H,12-14,16-17H2,1-2H3,(H,25,26). The SMILES string of the molecule is Cc1ncc(CNCC2(N(C)Cc3ccccc3)Cc3ccccc3C2)[nH]1. The topological polar surface area (TPSA) is 44.0 Å². The molecular formula is C23H28N4. The zero-order valence-electron chi connectivity index (χ0n) is 16.2. The first-order chi connectivity index (χ1) is 13.1. The van der Waals surface area contributed by atoms with Gasteiger partial charge in [0, 0.05) is 37.1 Å². The number of hydrogen-bond acceptors (Lipinski definition) is 3. The van der Waals surface area contributed by atoms with Crippen LogP contribution in [-0.4, -0.2) is 34.0 Å². The van der Waals surface area contributed by atoms with Crippen LogP contribution >= 0.6 is 0 Å². The van der Waals surface area contributed by atoms with Gasteiger partial charge in [0.2, 0.25) is 0 Å². The molecule has 27 heavy (non-hydrogen) atoms. The highest BCUT2D eigenvalue weighted by atomic mass is 15.2. The van der Waals surface area contributed by atoms with Crippen LogP contribution in [0.15, 0.2) is 60.8 Å². The Bertz CT molecular complexity index is 859. The molecular weight excluding hydrogens is 332 g/mol. The Morgan fingerprint density at radius 1 is 1.04 bits per heavy atom. The highest BCUT2D eigenvalue weighted by molar-refractivity contribution is 5.37. The number of imidazole rings is 1. The highest BCUT2D eigenvalue weighted by Gasteiger charge is 2.40. The number of aromatic nitrogens is 2. The number of benzene rings is 2. The van der Waals surface area contributed by atoms with Gasteiger partial charge in [-0.05, 0) is 43.5 Å². The van der Waals surface area contributed by atoms with Crippen LogP contribution in [0.3, 0.4) is 0 Å². The lowest BCUT2D eigenvalue weighted by Gasteiger charge is -2.39. The Morgan fingerprint density at radius 2 is 1.70 bits per heavy atom. The van der Waals surface area contributed by atoms with Crippen molar-refractivity contribution >= 4 is 0 Å². The molecule has 2 N–H and O–H groups in total. The fourth-order valence-corrected chi connectivity index (χ4v) is 4.22. The van der Waals surface area contributed by atoms with Crippen LogP contribution < -0.4 is 5.32 Å². The maximum atomic E-state index is 4.30. The largest absolute Gasteiger partial charge is 0.345 e. The molecule has 0 unspecified atom stereocenters. The second kappa shape index (κ2) is 7.67. The van der Waals surface area contributed by atoms with Crippen molar-refractivity contribution in [1.82, 2.24) is 20.2 Å². The molecule has 0 spiro atoms. The van der Waals surface area contributed by atoms with E-state index in [1.165, 1.54) is 16.7 Å². The Balaban J connectivity index is 1.50. The summed E-state index contributed by atoms with van der Waals surface area (Å²) in [5, 5.41) is 3.69. The summed E-state index contributed by atoms with van der Waals surface area (Å²) in [6.45, 7) is 4.72. The lowest BCUT2D eigenvalue weighted by Crippen LogP contribution is -2.53. The number of aryl methyl sites for hydroxylation is 1. The zero-order chi connectivity index (χ0) is 18.7. The van der Waals surface area contributed by atoms with Crippen molar-refractivity contribution in [1.29, 1.82) is 0 Å². The van der Waals surface area contributed by atoms with Crippen molar-refractivity contribution in [2.75, 3.05) is 13.6 Å². The maximum absolute atomic E-state index is 4.30. The van der Waals surface area contributed by atoms with E-state index in [1.54, 1.807) is 0 Å². The number of likely N-dealkylation sites (N-methyl/N-ethyl adjacent to an activating group) is 1. The smallest absolute Gasteiger partial charge is 0.103 e. The van der Waals surface area contributed by atoms with Crippen molar-refractivity contribution < 1.29 is 0 Å². The third-order valence-corrected chi connectivity index (χ3v) is 5.75. The van der Waals surface area contributed by atoms with Crippen molar-refractivity contribution in [2.45, 2.75) is 38.4 Å². The summed E-state index contributed by atoms with van der Waals surface area (Å²) in [7, 11) is 2.26. The minimum absolute atomic E-state index is 0.0919. The maximum Gasteiger partial charge on any atom is 0.103 e. The van der Waals surface area contributed by atoms with Crippen LogP contribution in [-0.2, 0) is 25.9 Å². The van der Waals surface area contributed by atoms with Gasteiger partial charge in [-0.25, -0.2) is 4.98 Å². The molecule has 2 aromatic carbocycles. The number of nitrogens with zero attached hydrogens (tertiary/aromatic N) is 2. The number of aromatic amines is 1. The number of nitrogens with one attached hydrogen (secondary N) is 2. The predicted octanol–water partition coefficient (Wildman–Crippen LogP) is 3.48. The highest BCUT2D eigenvalue weighted by Crippen LogP contribution is 2.34. The first-order valence-electron chi connectivity index (χ1n) is 9.68. The van der Waals surface area contributed by atoms with E-state index in [-0.39, 0.29) is 5.54 Å². The molecule has 4 nitrogen and oxygen atoms in total. The van der Waals surface area contributed by atoms with Crippen LogP contribution in [0.25, 0.3) is 0 Å². The summed E-state index contributed by atoms with van der Waals surface area (Å²) >= 11 is 0. The molecule has 0 amide bonds. The molecule has 0 fully saturated rings. The van der Waals surface area contributed by atoms with Crippen LogP contribution in [0, 0.1) is 6.92 Å². The lowest BCUT2D eigenvalue weighted by molar-refractivity contribution is 0.117. The molecule has 1 aliphatic rings. The minimum atomic E-state index is 0.0919. The zero-order valence-corrected chi connectivity index (χ0v) is 16.2. The molecule has 4 rings (SSSR count). The summed E-state index contributed by atoms with van der Waals surface area (Å²) in [4.78, 5) is 10.1. The molecule has 1 aromatic heterocycles. The number of rotatable bonds is 7. The molecule has 0 saturated carbocycles. The van der Waals surface area contributed by atoms with Gasteiger partial charge in [-0.1, -0.05) is 54.6 Å². The lowest BCUT2D eigenvalue weighted by atomic mass is 9.92. The average molecular weight is 361 g/mol. The Labute approximate surface area is 161 Å². The van der Waals surface area contributed by atoms with Gasteiger partial charge in [0.25, 0.3) is 0 Å². The quantitative estimate of drug-likeness (QED) is 0.678. The average Bonchev–Trinajstić information content (AvgIpc) is 3.26. The van der Waals surface area contributed by atoms with Crippen molar-refractivity contribution in [3.8, 4) is 0 Å². The van der Waals surface area contributed by atoms with Gasteiger partial charge in [0.05, 0.1) is 0 Å².